The number of fused-ring (bicyclic) bond motifs is 1. The second-order valence-electron chi connectivity index (χ2n) is 6.84. The smallest absolute Gasteiger partial charge is 0.165 e. The fourth-order valence-corrected chi connectivity index (χ4v) is 2.94. The number of benzene rings is 2. The molecule has 1 aromatic heterocycles. The summed E-state index contributed by atoms with van der Waals surface area (Å²) in [5, 5.41) is 14.2. The maximum Gasteiger partial charge on any atom is 0.165 e. The number of nitrogens with one attached hydrogen (secondary N) is 1. The molecule has 0 radical (unpaired) electrons. The van der Waals surface area contributed by atoms with Gasteiger partial charge in [0.05, 0.1) is 11.1 Å². The van der Waals surface area contributed by atoms with E-state index in [9.17, 15) is 9.50 Å². The van der Waals surface area contributed by atoms with Gasteiger partial charge in [0.2, 0.25) is 0 Å². The second kappa shape index (κ2) is 7.66. The number of nitrogens with two attached hydrogens (primary N) is 1. The summed E-state index contributed by atoms with van der Waals surface area (Å²) in [5.74, 6) is 0.870. The van der Waals surface area contributed by atoms with E-state index in [1.165, 1.54) is 18.2 Å². The molecule has 0 amide bonds. The average Bonchev–Trinajstić information content (AvgIpc) is 2.61. The quantitative estimate of drug-likeness (QED) is 0.625. The lowest BCUT2D eigenvalue weighted by Crippen LogP contribution is -2.30. The first-order valence-corrected chi connectivity index (χ1v) is 8.69. The van der Waals surface area contributed by atoms with E-state index in [1.54, 1.807) is 0 Å². The summed E-state index contributed by atoms with van der Waals surface area (Å²) >= 11 is 0. The van der Waals surface area contributed by atoms with Crippen molar-refractivity contribution < 1.29 is 9.50 Å². The first kappa shape index (κ1) is 18.1. The van der Waals surface area contributed by atoms with Crippen LogP contribution < -0.4 is 11.1 Å². The summed E-state index contributed by atoms with van der Waals surface area (Å²) in [7, 11) is 0. The van der Waals surface area contributed by atoms with Crippen molar-refractivity contribution >= 4 is 16.7 Å². The van der Waals surface area contributed by atoms with Crippen LogP contribution in [0, 0.1) is 11.7 Å². The van der Waals surface area contributed by atoms with Crippen LogP contribution in [0.15, 0.2) is 42.5 Å². The van der Waals surface area contributed by atoms with E-state index in [-0.39, 0.29) is 23.2 Å². The van der Waals surface area contributed by atoms with Gasteiger partial charge in [-0.05, 0) is 42.7 Å². The Bertz CT molecular complexity index is 913. The van der Waals surface area contributed by atoms with Gasteiger partial charge in [-0.1, -0.05) is 26.0 Å². The molecule has 1 heterocycles. The molecule has 2 aromatic carbocycles. The fourth-order valence-electron chi connectivity index (χ4n) is 2.94. The number of aromatic nitrogens is 2. The van der Waals surface area contributed by atoms with Crippen LogP contribution in [-0.2, 0) is 0 Å². The number of anilines is 1. The van der Waals surface area contributed by atoms with E-state index in [1.807, 2.05) is 24.3 Å². The number of hydrogen-bond acceptors (Lipinski definition) is 5. The SMILES string of the molecule is CC(C)C[C@@H](N)CNc1nc(-c2cc(F)ccc2O)nc2ccccc12. The van der Waals surface area contributed by atoms with Gasteiger partial charge in [0.1, 0.15) is 17.4 Å². The van der Waals surface area contributed by atoms with Crippen molar-refractivity contribution in [2.75, 3.05) is 11.9 Å². The Morgan fingerprint density at radius 2 is 1.92 bits per heavy atom. The first-order chi connectivity index (χ1) is 12.4. The zero-order valence-electron chi connectivity index (χ0n) is 14.9. The van der Waals surface area contributed by atoms with Crippen LogP contribution in [0.5, 0.6) is 5.75 Å². The predicted octanol–water partition coefficient (Wildman–Crippen LogP) is 3.93. The van der Waals surface area contributed by atoms with Gasteiger partial charge < -0.3 is 16.2 Å². The van der Waals surface area contributed by atoms with Crippen LogP contribution in [0.3, 0.4) is 0 Å². The van der Waals surface area contributed by atoms with Crippen molar-refractivity contribution in [1.29, 1.82) is 0 Å². The van der Waals surface area contributed by atoms with E-state index in [2.05, 4.69) is 29.1 Å². The van der Waals surface area contributed by atoms with Gasteiger partial charge in [-0.25, -0.2) is 14.4 Å². The van der Waals surface area contributed by atoms with Crippen LogP contribution in [0.2, 0.25) is 0 Å². The summed E-state index contributed by atoms with van der Waals surface area (Å²) in [6.45, 7) is 4.82. The van der Waals surface area contributed by atoms with Gasteiger partial charge in [0, 0.05) is 18.0 Å². The van der Waals surface area contributed by atoms with Crippen LogP contribution in [0.25, 0.3) is 22.3 Å². The number of halogens is 1. The minimum absolute atomic E-state index is 0.00486. The number of para-hydroxylation sites is 1. The Labute approximate surface area is 152 Å². The highest BCUT2D eigenvalue weighted by Gasteiger charge is 2.14. The molecule has 0 spiro atoms. The van der Waals surface area contributed by atoms with Crippen molar-refractivity contribution in [3.63, 3.8) is 0 Å². The fraction of sp³-hybridized carbons (Fsp3) is 0.300. The van der Waals surface area contributed by atoms with Crippen molar-refractivity contribution in [1.82, 2.24) is 9.97 Å². The zero-order chi connectivity index (χ0) is 18.7. The highest BCUT2D eigenvalue weighted by Crippen LogP contribution is 2.30. The largest absolute Gasteiger partial charge is 0.507 e. The number of aromatic hydroxyl groups is 1. The Balaban J connectivity index is 2.00. The molecular weight excluding hydrogens is 331 g/mol. The van der Waals surface area contributed by atoms with Crippen molar-refractivity contribution in [2.24, 2.45) is 11.7 Å². The summed E-state index contributed by atoms with van der Waals surface area (Å²) in [6.07, 6.45) is 0.896. The third-order valence-corrected chi connectivity index (χ3v) is 4.11. The first-order valence-electron chi connectivity index (χ1n) is 8.69. The van der Waals surface area contributed by atoms with Gasteiger partial charge in [-0.15, -0.1) is 0 Å². The van der Waals surface area contributed by atoms with E-state index >= 15 is 0 Å². The van der Waals surface area contributed by atoms with E-state index in [0.717, 1.165) is 11.8 Å². The molecule has 4 N–H and O–H groups in total. The molecule has 0 aliphatic carbocycles. The molecule has 6 heteroatoms. The normalized spacial score (nSPS) is 12.5. The van der Waals surface area contributed by atoms with Crippen LogP contribution in [0.4, 0.5) is 10.2 Å². The third kappa shape index (κ3) is 4.08. The summed E-state index contributed by atoms with van der Waals surface area (Å²) in [4.78, 5) is 8.99. The lowest BCUT2D eigenvalue weighted by atomic mass is 10.0. The molecule has 136 valence electrons. The zero-order valence-corrected chi connectivity index (χ0v) is 14.9. The topological polar surface area (TPSA) is 84.1 Å². The maximum atomic E-state index is 13.6. The van der Waals surface area contributed by atoms with Gasteiger partial charge in [-0.3, -0.25) is 0 Å². The second-order valence-corrected chi connectivity index (χ2v) is 6.84. The predicted molar refractivity (Wildman–Crippen MR) is 103 cm³/mol. The molecule has 0 aliphatic rings. The Morgan fingerprint density at radius 3 is 2.69 bits per heavy atom. The molecule has 26 heavy (non-hydrogen) atoms. The lowest BCUT2D eigenvalue weighted by molar-refractivity contribution is 0.475. The number of phenols is 1. The standard InChI is InChI=1S/C20H23FN4O/c1-12(2)9-14(22)11-23-19-15-5-3-4-6-17(15)24-20(25-19)16-10-13(21)7-8-18(16)26/h3-8,10,12,14,26H,9,11,22H2,1-2H3,(H,23,24,25)/t14-/m1/s1. The number of phenolic OH excluding ortho intramolecular Hbond substituents is 1. The molecule has 3 aromatic rings. The number of rotatable bonds is 6. The molecule has 0 bridgehead atoms. The third-order valence-electron chi connectivity index (χ3n) is 4.11. The van der Waals surface area contributed by atoms with Crippen molar-refractivity contribution in [2.45, 2.75) is 26.3 Å². The van der Waals surface area contributed by atoms with Crippen LogP contribution >= 0.6 is 0 Å². The minimum atomic E-state index is -0.456. The average molecular weight is 354 g/mol. The maximum absolute atomic E-state index is 13.6. The number of nitrogens with zero attached hydrogens (tertiary/aromatic N) is 2. The van der Waals surface area contributed by atoms with Crippen LogP contribution in [-0.4, -0.2) is 27.7 Å². The molecule has 3 rings (SSSR count). The van der Waals surface area contributed by atoms with Gasteiger partial charge in [-0.2, -0.15) is 0 Å². The molecule has 0 unspecified atom stereocenters. The molecule has 5 nitrogen and oxygen atoms in total. The monoisotopic (exact) mass is 354 g/mol. The molecule has 0 aliphatic heterocycles. The summed E-state index contributed by atoms with van der Waals surface area (Å²) in [5.41, 5.74) is 7.13. The van der Waals surface area contributed by atoms with Gasteiger partial charge in [0.25, 0.3) is 0 Å². The van der Waals surface area contributed by atoms with E-state index in [4.69, 9.17) is 5.73 Å². The molecule has 1 atom stereocenters. The Kier molecular flexibility index (Phi) is 5.32. The highest BCUT2D eigenvalue weighted by atomic mass is 19.1. The van der Waals surface area contributed by atoms with Crippen molar-refractivity contribution in [3.8, 4) is 17.1 Å². The number of hydrogen-bond donors (Lipinski definition) is 3. The van der Waals surface area contributed by atoms with Crippen molar-refractivity contribution in [3.05, 3.63) is 48.3 Å². The lowest BCUT2D eigenvalue weighted by Gasteiger charge is -2.17. The Morgan fingerprint density at radius 1 is 1.15 bits per heavy atom. The molecule has 0 fully saturated rings. The van der Waals surface area contributed by atoms with E-state index in [0.29, 0.717) is 23.8 Å². The van der Waals surface area contributed by atoms with Gasteiger partial charge >= 0.3 is 0 Å². The van der Waals surface area contributed by atoms with Gasteiger partial charge in [0.15, 0.2) is 5.82 Å². The highest BCUT2D eigenvalue weighted by molar-refractivity contribution is 5.90. The molecule has 0 saturated heterocycles. The molecule has 0 saturated carbocycles. The summed E-state index contributed by atoms with van der Waals surface area (Å²) in [6, 6.07) is 11.3. The minimum Gasteiger partial charge on any atom is -0.507 e. The molecular formula is C20H23FN4O. The van der Waals surface area contributed by atoms with Crippen LogP contribution in [0.1, 0.15) is 20.3 Å². The Hall–Kier alpha value is -2.73. The van der Waals surface area contributed by atoms with E-state index < -0.39 is 5.82 Å². The summed E-state index contributed by atoms with van der Waals surface area (Å²) < 4.78 is 13.6.